The number of hydrogen-bond donors (Lipinski definition) is 1. The second-order valence-electron chi connectivity index (χ2n) is 8.48. The number of para-hydroxylation sites is 1. The van der Waals surface area contributed by atoms with Crippen LogP contribution in [0.5, 0.6) is 5.75 Å². The fourth-order valence-electron chi connectivity index (χ4n) is 5.22. The zero-order chi connectivity index (χ0) is 21.4. The van der Waals surface area contributed by atoms with E-state index in [-0.39, 0.29) is 11.9 Å². The Balaban J connectivity index is 1.37. The van der Waals surface area contributed by atoms with Gasteiger partial charge in [0.15, 0.2) is 5.54 Å². The Morgan fingerprint density at radius 2 is 1.77 bits per heavy atom. The molecule has 6 heteroatoms. The Hall–Kier alpha value is -3.12. The molecule has 31 heavy (non-hydrogen) atoms. The van der Waals surface area contributed by atoms with Crippen molar-refractivity contribution in [3.05, 3.63) is 78.4 Å². The van der Waals surface area contributed by atoms with Crippen molar-refractivity contribution in [3.63, 3.8) is 0 Å². The quantitative estimate of drug-likeness (QED) is 0.610. The van der Waals surface area contributed by atoms with Gasteiger partial charge >= 0.3 is 6.03 Å². The summed E-state index contributed by atoms with van der Waals surface area (Å²) in [6.45, 7) is 5.96. The first kappa shape index (κ1) is 19.8. The first-order valence-corrected chi connectivity index (χ1v) is 10.9. The molecule has 160 valence electrons. The molecule has 2 unspecified atom stereocenters. The van der Waals surface area contributed by atoms with E-state index in [1.165, 1.54) is 10.5 Å². The highest BCUT2D eigenvalue weighted by molar-refractivity contribution is 6.08. The Morgan fingerprint density at radius 1 is 1.06 bits per heavy atom. The average molecular weight is 418 g/mol. The molecular formula is C25H27N3O3. The fourth-order valence-corrected chi connectivity index (χ4v) is 5.22. The highest BCUT2D eigenvalue weighted by Gasteiger charge is 2.56. The number of ether oxygens (including phenoxy) is 1. The van der Waals surface area contributed by atoms with Crippen molar-refractivity contribution >= 4 is 11.9 Å². The SMILES string of the molecule is C=CC(N1CCC(c2ccccc2)CC1)N1C(=O)NC2(CCOc3ccccc32)C1=O. The van der Waals surface area contributed by atoms with E-state index in [1.807, 2.05) is 30.3 Å². The lowest BCUT2D eigenvalue weighted by Gasteiger charge is -2.40. The van der Waals surface area contributed by atoms with Crippen LogP contribution in [0.4, 0.5) is 4.79 Å². The van der Waals surface area contributed by atoms with E-state index in [9.17, 15) is 9.59 Å². The number of nitrogens with one attached hydrogen (secondary N) is 1. The highest BCUT2D eigenvalue weighted by Crippen LogP contribution is 2.42. The molecule has 3 aliphatic heterocycles. The summed E-state index contributed by atoms with van der Waals surface area (Å²) in [5, 5.41) is 3.00. The van der Waals surface area contributed by atoms with Crippen LogP contribution in [0.15, 0.2) is 67.3 Å². The second-order valence-corrected chi connectivity index (χ2v) is 8.48. The van der Waals surface area contributed by atoms with Gasteiger partial charge < -0.3 is 10.1 Å². The molecule has 3 amide bonds. The normalized spacial score (nSPS) is 25.1. The molecule has 0 bridgehead atoms. The van der Waals surface area contributed by atoms with Gasteiger partial charge in [0.2, 0.25) is 0 Å². The number of imide groups is 1. The van der Waals surface area contributed by atoms with Crippen molar-refractivity contribution in [3.8, 4) is 5.75 Å². The maximum atomic E-state index is 13.7. The first-order valence-electron chi connectivity index (χ1n) is 10.9. The van der Waals surface area contributed by atoms with Gasteiger partial charge in [0.25, 0.3) is 5.91 Å². The number of fused-ring (bicyclic) bond motifs is 2. The molecule has 2 fully saturated rings. The number of nitrogens with zero attached hydrogens (tertiary/aromatic N) is 2. The lowest BCUT2D eigenvalue weighted by molar-refractivity contribution is -0.136. The standard InChI is InChI=1S/C25H27N3O3/c1-2-22(27-15-12-19(13-16-27)18-8-4-3-5-9-18)28-23(29)25(26-24(28)30)14-17-31-21-11-7-6-10-20(21)25/h2-11,19,22H,1,12-17H2,(H,26,30). The maximum absolute atomic E-state index is 13.7. The number of benzene rings is 2. The molecule has 1 N–H and O–H groups in total. The van der Waals surface area contributed by atoms with Crippen LogP contribution in [0.3, 0.4) is 0 Å². The molecule has 5 rings (SSSR count). The number of likely N-dealkylation sites (tertiary alicyclic amines) is 1. The zero-order valence-corrected chi connectivity index (χ0v) is 17.5. The van der Waals surface area contributed by atoms with Crippen molar-refractivity contribution in [2.24, 2.45) is 0 Å². The number of urea groups is 1. The summed E-state index contributed by atoms with van der Waals surface area (Å²) in [5.74, 6) is 0.936. The molecule has 2 aromatic carbocycles. The van der Waals surface area contributed by atoms with Crippen LogP contribution in [0.25, 0.3) is 0 Å². The minimum atomic E-state index is -1.06. The van der Waals surface area contributed by atoms with E-state index in [0.29, 0.717) is 24.7 Å². The maximum Gasteiger partial charge on any atom is 0.326 e. The summed E-state index contributed by atoms with van der Waals surface area (Å²) in [6.07, 6.45) is 3.65. The van der Waals surface area contributed by atoms with Crippen LogP contribution >= 0.6 is 0 Å². The van der Waals surface area contributed by atoms with Gasteiger partial charge in [0, 0.05) is 25.1 Å². The molecule has 1 spiro atoms. The molecule has 3 aliphatic rings. The second kappa shape index (κ2) is 7.85. The van der Waals surface area contributed by atoms with Crippen LogP contribution in [-0.2, 0) is 10.3 Å². The van der Waals surface area contributed by atoms with Gasteiger partial charge in [-0.05, 0) is 30.4 Å². The molecule has 2 aromatic rings. The Bertz CT molecular complexity index is 1000. The van der Waals surface area contributed by atoms with E-state index in [4.69, 9.17) is 4.74 Å². The van der Waals surface area contributed by atoms with Crippen LogP contribution in [0, 0.1) is 0 Å². The lowest BCUT2D eigenvalue weighted by Crippen LogP contribution is -2.53. The van der Waals surface area contributed by atoms with Crippen LogP contribution in [-0.4, -0.2) is 47.6 Å². The van der Waals surface area contributed by atoms with E-state index in [1.54, 1.807) is 6.08 Å². The van der Waals surface area contributed by atoms with Crippen molar-refractivity contribution in [2.45, 2.75) is 36.9 Å². The summed E-state index contributed by atoms with van der Waals surface area (Å²) in [4.78, 5) is 30.3. The third-order valence-electron chi connectivity index (χ3n) is 6.85. The minimum Gasteiger partial charge on any atom is -0.493 e. The summed E-state index contributed by atoms with van der Waals surface area (Å²) < 4.78 is 5.73. The van der Waals surface area contributed by atoms with Crippen molar-refractivity contribution in [1.29, 1.82) is 0 Å². The molecule has 6 nitrogen and oxygen atoms in total. The van der Waals surface area contributed by atoms with Crippen LogP contribution in [0.1, 0.15) is 36.3 Å². The summed E-state index contributed by atoms with van der Waals surface area (Å²) in [5.41, 5.74) is 1.02. The molecule has 0 aliphatic carbocycles. The van der Waals surface area contributed by atoms with Gasteiger partial charge in [0.05, 0.1) is 6.61 Å². The van der Waals surface area contributed by atoms with Gasteiger partial charge in [-0.3, -0.25) is 9.69 Å². The van der Waals surface area contributed by atoms with E-state index in [0.717, 1.165) is 31.5 Å². The van der Waals surface area contributed by atoms with Gasteiger partial charge in [-0.1, -0.05) is 61.2 Å². The first-order chi connectivity index (χ1) is 15.1. The van der Waals surface area contributed by atoms with Gasteiger partial charge in [-0.2, -0.15) is 0 Å². The third kappa shape index (κ3) is 3.22. The largest absolute Gasteiger partial charge is 0.493 e. The number of hydrogen-bond acceptors (Lipinski definition) is 4. The van der Waals surface area contributed by atoms with Gasteiger partial charge in [-0.25, -0.2) is 9.69 Å². The van der Waals surface area contributed by atoms with E-state index >= 15 is 0 Å². The van der Waals surface area contributed by atoms with Crippen LogP contribution in [0.2, 0.25) is 0 Å². The molecule has 2 atom stereocenters. The molecule has 0 saturated carbocycles. The zero-order valence-electron chi connectivity index (χ0n) is 17.5. The van der Waals surface area contributed by atoms with E-state index in [2.05, 4.69) is 41.1 Å². The molecule has 2 saturated heterocycles. The molecule has 0 aromatic heterocycles. The lowest BCUT2D eigenvalue weighted by atomic mass is 9.84. The van der Waals surface area contributed by atoms with E-state index < -0.39 is 11.7 Å². The van der Waals surface area contributed by atoms with Crippen molar-refractivity contribution in [2.75, 3.05) is 19.7 Å². The number of amides is 3. The predicted octanol–water partition coefficient (Wildman–Crippen LogP) is 3.61. The number of carbonyl (C=O) groups excluding carboxylic acids is 2. The fraction of sp³-hybridized carbons (Fsp3) is 0.360. The number of piperidine rings is 1. The highest BCUT2D eigenvalue weighted by atomic mass is 16.5. The Morgan fingerprint density at radius 3 is 2.52 bits per heavy atom. The summed E-state index contributed by atoms with van der Waals surface area (Å²) in [7, 11) is 0. The smallest absolute Gasteiger partial charge is 0.326 e. The molecule has 0 radical (unpaired) electrons. The monoisotopic (exact) mass is 417 g/mol. The Kier molecular flexibility index (Phi) is 5.02. The van der Waals surface area contributed by atoms with Crippen molar-refractivity contribution < 1.29 is 14.3 Å². The van der Waals surface area contributed by atoms with Gasteiger partial charge in [-0.15, -0.1) is 0 Å². The predicted molar refractivity (Wildman–Crippen MR) is 118 cm³/mol. The summed E-state index contributed by atoms with van der Waals surface area (Å²) >= 11 is 0. The number of rotatable bonds is 4. The number of carbonyl (C=O) groups is 2. The minimum absolute atomic E-state index is 0.219. The van der Waals surface area contributed by atoms with Crippen LogP contribution < -0.4 is 10.1 Å². The Labute approximate surface area is 182 Å². The molecular weight excluding hydrogens is 390 g/mol. The third-order valence-corrected chi connectivity index (χ3v) is 6.85. The average Bonchev–Trinajstić information content (AvgIpc) is 3.06. The van der Waals surface area contributed by atoms with Gasteiger partial charge in [0.1, 0.15) is 11.9 Å². The molecule has 3 heterocycles. The topological polar surface area (TPSA) is 61.9 Å². The van der Waals surface area contributed by atoms with Crippen molar-refractivity contribution in [1.82, 2.24) is 15.1 Å². The summed E-state index contributed by atoms with van der Waals surface area (Å²) in [6, 6.07) is 17.6.